The lowest BCUT2D eigenvalue weighted by molar-refractivity contribution is -0.120. The fourth-order valence-electron chi connectivity index (χ4n) is 2.78. The quantitative estimate of drug-likeness (QED) is 0.688. The first kappa shape index (κ1) is 9.97. The van der Waals surface area contributed by atoms with E-state index < -0.39 is 0 Å². The first-order valence-electron chi connectivity index (χ1n) is 5.34. The molecule has 2 unspecified atom stereocenters. The number of carbonyl (C=O) groups excluding carboxylic acids is 1. The molecule has 2 atom stereocenters. The molecule has 14 heavy (non-hydrogen) atoms. The summed E-state index contributed by atoms with van der Waals surface area (Å²) in [5.74, 6) is 0.709. The maximum atomic E-state index is 11.5. The molecule has 1 amide bonds. The second-order valence-electron chi connectivity index (χ2n) is 5.33. The van der Waals surface area contributed by atoms with Gasteiger partial charge in [0.05, 0.1) is 6.61 Å². The molecule has 2 aliphatic heterocycles. The third kappa shape index (κ3) is 1.26. The van der Waals surface area contributed by atoms with Crippen LogP contribution in [0.25, 0.3) is 0 Å². The van der Waals surface area contributed by atoms with Crippen molar-refractivity contribution in [3.63, 3.8) is 0 Å². The Labute approximate surface area is 85.2 Å². The highest BCUT2D eigenvalue weighted by Crippen LogP contribution is 2.48. The normalized spacial score (nSPS) is 41.4. The van der Waals surface area contributed by atoms with Crippen LogP contribution in [0.5, 0.6) is 0 Å². The number of nitrogens with one attached hydrogen (secondary N) is 1. The first-order chi connectivity index (χ1) is 6.46. The summed E-state index contributed by atoms with van der Waals surface area (Å²) >= 11 is 0. The summed E-state index contributed by atoms with van der Waals surface area (Å²) in [7, 11) is 0. The second kappa shape index (κ2) is 2.96. The fraction of sp³-hybridized carbons (Fsp3) is 0.909. The number of ether oxygens (including phenoxy) is 1. The van der Waals surface area contributed by atoms with Crippen LogP contribution in [0.3, 0.4) is 0 Å². The van der Waals surface area contributed by atoms with E-state index in [0.717, 1.165) is 19.6 Å². The molecule has 2 saturated heterocycles. The van der Waals surface area contributed by atoms with Crippen LogP contribution in [0.1, 0.15) is 33.6 Å². The SMILES string of the molecule is CC1(C)NC(=O)CC1(C)C1CCOC1. The highest BCUT2D eigenvalue weighted by molar-refractivity contribution is 5.80. The van der Waals surface area contributed by atoms with Crippen molar-refractivity contribution in [3.8, 4) is 0 Å². The van der Waals surface area contributed by atoms with Gasteiger partial charge in [-0.3, -0.25) is 4.79 Å². The summed E-state index contributed by atoms with van der Waals surface area (Å²) in [4.78, 5) is 11.5. The zero-order valence-electron chi connectivity index (χ0n) is 9.22. The van der Waals surface area contributed by atoms with Crippen LogP contribution < -0.4 is 5.32 Å². The Kier molecular flexibility index (Phi) is 2.11. The van der Waals surface area contributed by atoms with Crippen molar-refractivity contribution < 1.29 is 9.53 Å². The minimum absolute atomic E-state index is 0.0561. The van der Waals surface area contributed by atoms with Crippen molar-refractivity contribution in [2.75, 3.05) is 13.2 Å². The van der Waals surface area contributed by atoms with Gasteiger partial charge in [-0.2, -0.15) is 0 Å². The Balaban J connectivity index is 2.24. The average Bonchev–Trinajstić information content (AvgIpc) is 2.58. The molecule has 2 fully saturated rings. The van der Waals surface area contributed by atoms with E-state index in [1.54, 1.807) is 0 Å². The Bertz CT molecular complexity index is 256. The van der Waals surface area contributed by atoms with Crippen LogP contribution in [0, 0.1) is 11.3 Å². The van der Waals surface area contributed by atoms with Crippen LogP contribution >= 0.6 is 0 Å². The monoisotopic (exact) mass is 197 g/mol. The van der Waals surface area contributed by atoms with Gasteiger partial charge in [-0.05, 0) is 26.2 Å². The van der Waals surface area contributed by atoms with Gasteiger partial charge in [-0.15, -0.1) is 0 Å². The van der Waals surface area contributed by atoms with Crippen molar-refractivity contribution >= 4 is 5.91 Å². The van der Waals surface area contributed by atoms with E-state index >= 15 is 0 Å². The molecule has 3 heteroatoms. The zero-order valence-corrected chi connectivity index (χ0v) is 9.22. The van der Waals surface area contributed by atoms with Gasteiger partial charge >= 0.3 is 0 Å². The first-order valence-corrected chi connectivity index (χ1v) is 5.34. The van der Waals surface area contributed by atoms with Crippen molar-refractivity contribution in [3.05, 3.63) is 0 Å². The number of rotatable bonds is 1. The maximum Gasteiger partial charge on any atom is 0.221 e. The van der Waals surface area contributed by atoms with Crippen molar-refractivity contribution in [1.82, 2.24) is 5.32 Å². The summed E-state index contributed by atoms with van der Waals surface area (Å²) in [6.45, 7) is 8.12. The predicted octanol–water partition coefficient (Wildman–Crippen LogP) is 1.33. The molecule has 1 N–H and O–H groups in total. The summed E-state index contributed by atoms with van der Waals surface area (Å²) in [6.07, 6.45) is 1.74. The van der Waals surface area contributed by atoms with E-state index in [-0.39, 0.29) is 16.9 Å². The molecule has 0 aliphatic carbocycles. The molecular formula is C11H19NO2. The smallest absolute Gasteiger partial charge is 0.221 e. The standard InChI is InChI=1S/C11H19NO2/c1-10(2)11(3,6-9(13)12-10)8-4-5-14-7-8/h8H,4-7H2,1-3H3,(H,12,13). The van der Waals surface area contributed by atoms with Gasteiger partial charge in [0.25, 0.3) is 0 Å². The minimum Gasteiger partial charge on any atom is -0.381 e. The van der Waals surface area contributed by atoms with Crippen LogP contribution in [0.15, 0.2) is 0 Å². The molecule has 0 saturated carbocycles. The predicted molar refractivity (Wildman–Crippen MR) is 53.9 cm³/mol. The lowest BCUT2D eigenvalue weighted by Gasteiger charge is -2.41. The van der Waals surface area contributed by atoms with E-state index in [1.807, 2.05) is 0 Å². The Hall–Kier alpha value is -0.570. The molecule has 80 valence electrons. The fourth-order valence-corrected chi connectivity index (χ4v) is 2.78. The molecule has 0 spiro atoms. The summed E-state index contributed by atoms with van der Waals surface area (Å²) in [5, 5.41) is 3.07. The van der Waals surface area contributed by atoms with Crippen molar-refractivity contribution in [1.29, 1.82) is 0 Å². The highest BCUT2D eigenvalue weighted by Gasteiger charge is 2.54. The van der Waals surface area contributed by atoms with Gasteiger partial charge in [0, 0.05) is 24.0 Å². The van der Waals surface area contributed by atoms with E-state index in [9.17, 15) is 4.79 Å². The van der Waals surface area contributed by atoms with E-state index in [0.29, 0.717) is 12.3 Å². The molecule has 2 aliphatic rings. The van der Waals surface area contributed by atoms with Crippen molar-refractivity contribution in [2.45, 2.75) is 39.2 Å². The molecule has 2 heterocycles. The molecular weight excluding hydrogens is 178 g/mol. The van der Waals surface area contributed by atoms with Gasteiger partial charge in [0.15, 0.2) is 0 Å². The second-order valence-corrected chi connectivity index (χ2v) is 5.33. The molecule has 3 nitrogen and oxygen atoms in total. The Morgan fingerprint density at radius 1 is 1.43 bits per heavy atom. The molecule has 0 aromatic heterocycles. The molecule has 2 rings (SSSR count). The summed E-state index contributed by atoms with van der Waals surface area (Å²) < 4.78 is 5.42. The topological polar surface area (TPSA) is 38.3 Å². The lowest BCUT2D eigenvalue weighted by atomic mass is 9.65. The Morgan fingerprint density at radius 2 is 2.14 bits per heavy atom. The van der Waals surface area contributed by atoms with E-state index in [2.05, 4.69) is 26.1 Å². The number of hydrogen-bond donors (Lipinski definition) is 1. The van der Waals surface area contributed by atoms with E-state index in [4.69, 9.17) is 4.74 Å². The summed E-state index contributed by atoms with van der Waals surface area (Å²) in [5.41, 5.74) is -0.0387. The molecule has 0 aromatic carbocycles. The number of hydrogen-bond acceptors (Lipinski definition) is 2. The summed E-state index contributed by atoms with van der Waals surface area (Å²) in [6, 6.07) is 0. The minimum atomic E-state index is -0.0948. The van der Waals surface area contributed by atoms with Crippen molar-refractivity contribution in [2.24, 2.45) is 11.3 Å². The average molecular weight is 197 g/mol. The molecule has 0 aromatic rings. The Morgan fingerprint density at radius 3 is 2.57 bits per heavy atom. The van der Waals surface area contributed by atoms with Crippen LogP contribution in [0.2, 0.25) is 0 Å². The van der Waals surface area contributed by atoms with Crippen LogP contribution in [-0.2, 0) is 9.53 Å². The van der Waals surface area contributed by atoms with Gasteiger partial charge in [0.2, 0.25) is 5.91 Å². The number of carbonyl (C=O) groups is 1. The van der Waals surface area contributed by atoms with Gasteiger partial charge in [-0.1, -0.05) is 6.92 Å². The molecule has 0 bridgehead atoms. The van der Waals surface area contributed by atoms with E-state index in [1.165, 1.54) is 0 Å². The molecule has 0 radical (unpaired) electrons. The maximum absolute atomic E-state index is 11.5. The lowest BCUT2D eigenvalue weighted by Crippen LogP contribution is -2.49. The zero-order chi connectivity index (χ0) is 10.4. The largest absolute Gasteiger partial charge is 0.381 e. The number of amides is 1. The third-order valence-electron chi connectivity index (χ3n) is 4.24. The third-order valence-corrected chi connectivity index (χ3v) is 4.24. The van der Waals surface area contributed by atoms with Gasteiger partial charge in [0.1, 0.15) is 0 Å². The van der Waals surface area contributed by atoms with Gasteiger partial charge in [-0.25, -0.2) is 0 Å². The van der Waals surface area contributed by atoms with Crippen LogP contribution in [-0.4, -0.2) is 24.7 Å². The van der Waals surface area contributed by atoms with Gasteiger partial charge < -0.3 is 10.1 Å². The van der Waals surface area contributed by atoms with Crippen LogP contribution in [0.4, 0.5) is 0 Å². The highest BCUT2D eigenvalue weighted by atomic mass is 16.5.